The Bertz CT molecular complexity index is 552. The van der Waals surface area contributed by atoms with Crippen LogP contribution in [0.1, 0.15) is 31.7 Å². The summed E-state index contributed by atoms with van der Waals surface area (Å²) in [6, 6.07) is 0.0378. The summed E-state index contributed by atoms with van der Waals surface area (Å²) in [7, 11) is 1.83. The molecule has 2 unspecified atom stereocenters. The van der Waals surface area contributed by atoms with Gasteiger partial charge >= 0.3 is 0 Å². The number of hydrogen-bond donors (Lipinski definition) is 2. The van der Waals surface area contributed by atoms with Gasteiger partial charge in [0.25, 0.3) is 0 Å². The normalized spacial score (nSPS) is 24.3. The molecule has 6 heteroatoms. The number of nitrogens with one attached hydrogen (secondary N) is 1. The number of nitrogens with zero attached hydrogens (tertiary/aromatic N) is 4. The molecule has 0 amide bonds. The number of aliphatic hydroxyl groups is 1. The molecular weight excluding hydrogens is 230 g/mol. The standard InChI is InChI=1S/C12H17N5O/c1-13-11-8-6-16-17(12(8)15-7-14-11)9-4-2-3-5-10(9)18/h6-7,9-10,18H,2-5H2,1H3,(H,13,14,15). The van der Waals surface area contributed by atoms with E-state index in [1.165, 1.54) is 6.33 Å². The zero-order valence-electron chi connectivity index (χ0n) is 10.4. The molecule has 0 radical (unpaired) electrons. The van der Waals surface area contributed by atoms with Crippen molar-refractivity contribution in [2.24, 2.45) is 0 Å². The first-order valence-electron chi connectivity index (χ1n) is 6.35. The molecule has 3 rings (SSSR count). The maximum atomic E-state index is 10.1. The molecule has 0 saturated heterocycles. The lowest BCUT2D eigenvalue weighted by atomic mass is 9.93. The quantitative estimate of drug-likeness (QED) is 0.837. The zero-order chi connectivity index (χ0) is 12.5. The Kier molecular flexibility index (Phi) is 2.87. The Hall–Kier alpha value is -1.69. The third-order valence-electron chi connectivity index (χ3n) is 3.64. The maximum absolute atomic E-state index is 10.1. The maximum Gasteiger partial charge on any atom is 0.163 e. The second-order valence-corrected chi connectivity index (χ2v) is 4.72. The van der Waals surface area contributed by atoms with Gasteiger partial charge in [0.2, 0.25) is 0 Å². The van der Waals surface area contributed by atoms with E-state index in [1.54, 1.807) is 6.20 Å². The van der Waals surface area contributed by atoms with E-state index in [0.29, 0.717) is 0 Å². The van der Waals surface area contributed by atoms with Gasteiger partial charge in [0.1, 0.15) is 12.1 Å². The van der Waals surface area contributed by atoms with E-state index in [9.17, 15) is 5.11 Å². The van der Waals surface area contributed by atoms with Crippen molar-refractivity contribution in [1.29, 1.82) is 0 Å². The fourth-order valence-electron chi connectivity index (χ4n) is 2.68. The second kappa shape index (κ2) is 4.53. The van der Waals surface area contributed by atoms with E-state index in [1.807, 2.05) is 11.7 Å². The first-order chi connectivity index (χ1) is 8.81. The van der Waals surface area contributed by atoms with Crippen molar-refractivity contribution in [1.82, 2.24) is 19.7 Å². The molecule has 2 N–H and O–H groups in total. The molecule has 1 aliphatic rings. The van der Waals surface area contributed by atoms with E-state index in [0.717, 1.165) is 42.5 Å². The summed E-state index contributed by atoms with van der Waals surface area (Å²) < 4.78 is 1.85. The Labute approximate surface area is 105 Å². The lowest BCUT2D eigenvalue weighted by Gasteiger charge is -2.27. The summed E-state index contributed by atoms with van der Waals surface area (Å²) in [5, 5.41) is 18.4. The van der Waals surface area contributed by atoms with Crippen molar-refractivity contribution >= 4 is 16.9 Å². The number of hydrogen-bond acceptors (Lipinski definition) is 5. The smallest absolute Gasteiger partial charge is 0.163 e. The molecule has 0 aromatic carbocycles. The highest BCUT2D eigenvalue weighted by atomic mass is 16.3. The molecule has 18 heavy (non-hydrogen) atoms. The SMILES string of the molecule is CNc1ncnc2c1cnn2C1CCCCC1O. The molecule has 2 atom stereocenters. The third kappa shape index (κ3) is 1.73. The Morgan fingerprint density at radius 2 is 2.17 bits per heavy atom. The predicted molar refractivity (Wildman–Crippen MR) is 68.4 cm³/mol. The highest BCUT2D eigenvalue weighted by molar-refractivity contribution is 5.85. The van der Waals surface area contributed by atoms with Gasteiger partial charge in [-0.3, -0.25) is 0 Å². The summed E-state index contributed by atoms with van der Waals surface area (Å²) in [5.41, 5.74) is 0.792. The molecule has 0 aliphatic heterocycles. The van der Waals surface area contributed by atoms with Crippen LogP contribution in [0.15, 0.2) is 12.5 Å². The van der Waals surface area contributed by atoms with Gasteiger partial charge in [-0.2, -0.15) is 5.10 Å². The van der Waals surface area contributed by atoms with E-state index in [4.69, 9.17) is 0 Å². The Morgan fingerprint density at radius 3 is 2.94 bits per heavy atom. The van der Waals surface area contributed by atoms with Crippen molar-refractivity contribution in [2.45, 2.75) is 37.8 Å². The number of anilines is 1. The third-order valence-corrected chi connectivity index (χ3v) is 3.64. The van der Waals surface area contributed by atoms with Crippen LogP contribution < -0.4 is 5.32 Å². The van der Waals surface area contributed by atoms with Crippen molar-refractivity contribution < 1.29 is 5.11 Å². The van der Waals surface area contributed by atoms with Gasteiger partial charge in [-0.05, 0) is 12.8 Å². The van der Waals surface area contributed by atoms with Gasteiger partial charge in [0.05, 0.1) is 23.7 Å². The minimum absolute atomic E-state index is 0.0378. The number of rotatable bonds is 2. The van der Waals surface area contributed by atoms with Crippen LogP contribution in [0.5, 0.6) is 0 Å². The molecule has 1 fully saturated rings. The zero-order valence-corrected chi connectivity index (χ0v) is 10.4. The van der Waals surface area contributed by atoms with Crippen LogP contribution in [-0.2, 0) is 0 Å². The summed E-state index contributed by atoms with van der Waals surface area (Å²) in [6.07, 6.45) is 6.99. The van der Waals surface area contributed by atoms with E-state index < -0.39 is 0 Å². The van der Waals surface area contributed by atoms with Crippen LogP contribution in [-0.4, -0.2) is 38.0 Å². The topological polar surface area (TPSA) is 75.9 Å². The molecule has 6 nitrogen and oxygen atoms in total. The molecule has 1 aliphatic carbocycles. The largest absolute Gasteiger partial charge is 0.391 e. The van der Waals surface area contributed by atoms with Gasteiger partial charge < -0.3 is 10.4 Å². The van der Waals surface area contributed by atoms with Crippen molar-refractivity contribution in [3.05, 3.63) is 12.5 Å². The van der Waals surface area contributed by atoms with Crippen LogP contribution in [0.4, 0.5) is 5.82 Å². The molecule has 2 aromatic rings. The van der Waals surface area contributed by atoms with Crippen molar-refractivity contribution in [3.8, 4) is 0 Å². The molecule has 0 spiro atoms. The van der Waals surface area contributed by atoms with E-state index >= 15 is 0 Å². The predicted octanol–water partition coefficient (Wildman–Crippen LogP) is 1.34. The molecular formula is C12H17N5O. The van der Waals surface area contributed by atoms with Crippen LogP contribution >= 0.6 is 0 Å². The van der Waals surface area contributed by atoms with Crippen molar-refractivity contribution in [2.75, 3.05) is 12.4 Å². The van der Waals surface area contributed by atoms with Gasteiger partial charge in [-0.25, -0.2) is 14.6 Å². The lowest BCUT2D eigenvalue weighted by Crippen LogP contribution is -2.28. The van der Waals surface area contributed by atoms with E-state index in [2.05, 4.69) is 20.4 Å². The average Bonchev–Trinajstić information content (AvgIpc) is 2.83. The first-order valence-corrected chi connectivity index (χ1v) is 6.35. The van der Waals surface area contributed by atoms with Crippen LogP contribution in [0.25, 0.3) is 11.0 Å². The Morgan fingerprint density at radius 1 is 1.33 bits per heavy atom. The van der Waals surface area contributed by atoms with Gasteiger partial charge in [-0.15, -0.1) is 0 Å². The lowest BCUT2D eigenvalue weighted by molar-refractivity contribution is 0.0713. The van der Waals surface area contributed by atoms with Crippen molar-refractivity contribution in [3.63, 3.8) is 0 Å². The number of fused-ring (bicyclic) bond motifs is 1. The van der Waals surface area contributed by atoms with E-state index in [-0.39, 0.29) is 12.1 Å². The molecule has 0 bridgehead atoms. The second-order valence-electron chi connectivity index (χ2n) is 4.72. The van der Waals surface area contributed by atoms with Gasteiger partial charge in [0.15, 0.2) is 5.65 Å². The fraction of sp³-hybridized carbons (Fsp3) is 0.583. The van der Waals surface area contributed by atoms with Crippen LogP contribution in [0.2, 0.25) is 0 Å². The summed E-state index contributed by atoms with van der Waals surface area (Å²) in [4.78, 5) is 8.46. The van der Waals surface area contributed by atoms with Gasteiger partial charge in [0, 0.05) is 7.05 Å². The number of aromatic nitrogens is 4. The molecule has 96 valence electrons. The molecule has 1 saturated carbocycles. The summed E-state index contributed by atoms with van der Waals surface area (Å²) in [6.45, 7) is 0. The summed E-state index contributed by atoms with van der Waals surface area (Å²) in [5.74, 6) is 0.775. The van der Waals surface area contributed by atoms with Crippen LogP contribution in [0, 0.1) is 0 Å². The van der Waals surface area contributed by atoms with Crippen LogP contribution in [0.3, 0.4) is 0 Å². The molecule has 2 heterocycles. The highest BCUT2D eigenvalue weighted by Gasteiger charge is 2.27. The highest BCUT2D eigenvalue weighted by Crippen LogP contribution is 2.31. The average molecular weight is 247 g/mol. The number of aliphatic hydroxyl groups excluding tert-OH is 1. The summed E-state index contributed by atoms with van der Waals surface area (Å²) >= 11 is 0. The first kappa shape index (κ1) is 11.4. The molecule has 2 aromatic heterocycles. The fourth-order valence-corrected chi connectivity index (χ4v) is 2.68. The minimum Gasteiger partial charge on any atom is -0.391 e. The Balaban J connectivity index is 2.07. The van der Waals surface area contributed by atoms with Gasteiger partial charge in [-0.1, -0.05) is 12.8 Å². The minimum atomic E-state index is -0.324. The monoisotopic (exact) mass is 247 g/mol.